The second-order valence-electron chi connectivity index (χ2n) is 3.85. The van der Waals surface area contributed by atoms with Crippen molar-refractivity contribution < 1.29 is 0 Å². The third kappa shape index (κ3) is 2.93. The Morgan fingerprint density at radius 2 is 1.88 bits per heavy atom. The molecule has 0 aliphatic rings. The average molecular weight is 312 g/mol. The van der Waals surface area contributed by atoms with Crippen molar-refractivity contribution in [3.8, 4) is 0 Å². The predicted octanol–water partition coefficient (Wildman–Crippen LogP) is 4.74. The Morgan fingerprint density at radius 3 is 2.59 bits per heavy atom. The number of nitrogens with two attached hydrogens (primary N) is 1. The maximum atomic E-state index is 6.13. The van der Waals surface area contributed by atoms with Crippen LogP contribution in [0.5, 0.6) is 0 Å². The van der Waals surface area contributed by atoms with E-state index in [1.165, 1.54) is 0 Å². The molecule has 2 rings (SSSR count). The van der Waals surface area contributed by atoms with Crippen LogP contribution in [0.4, 0.5) is 17.1 Å². The maximum Gasteiger partial charge on any atom is 0.0641 e. The van der Waals surface area contributed by atoms with Crippen LogP contribution in [0.15, 0.2) is 40.9 Å². The molecular weight excluding hydrogens is 300 g/mol. The minimum Gasteiger partial charge on any atom is -0.399 e. The van der Waals surface area contributed by atoms with Crippen LogP contribution < -0.4 is 11.1 Å². The minimum atomic E-state index is 0.694. The van der Waals surface area contributed by atoms with Gasteiger partial charge in [-0.3, -0.25) is 0 Å². The largest absolute Gasteiger partial charge is 0.399 e. The summed E-state index contributed by atoms with van der Waals surface area (Å²) in [6, 6.07) is 11.5. The second kappa shape index (κ2) is 4.98. The number of nitrogen functional groups attached to an aromatic ring is 1. The molecule has 0 amide bonds. The van der Waals surface area contributed by atoms with Gasteiger partial charge in [0, 0.05) is 10.2 Å². The summed E-state index contributed by atoms with van der Waals surface area (Å²) < 4.78 is 0.912. The van der Waals surface area contributed by atoms with Crippen LogP contribution in [0, 0.1) is 6.92 Å². The zero-order chi connectivity index (χ0) is 12.4. The van der Waals surface area contributed by atoms with Crippen LogP contribution >= 0.6 is 27.5 Å². The number of aryl methyl sites for hydroxylation is 1. The first kappa shape index (κ1) is 12.3. The molecule has 4 heteroatoms. The van der Waals surface area contributed by atoms with Crippen molar-refractivity contribution >= 4 is 44.6 Å². The molecule has 17 heavy (non-hydrogen) atoms. The van der Waals surface area contributed by atoms with Gasteiger partial charge in [-0.1, -0.05) is 17.7 Å². The van der Waals surface area contributed by atoms with Gasteiger partial charge < -0.3 is 11.1 Å². The summed E-state index contributed by atoms with van der Waals surface area (Å²) in [6.07, 6.45) is 0. The molecule has 0 aliphatic heterocycles. The number of anilines is 3. The molecule has 0 radical (unpaired) electrons. The topological polar surface area (TPSA) is 38.0 Å². The summed E-state index contributed by atoms with van der Waals surface area (Å²) in [6.45, 7) is 2.03. The van der Waals surface area contributed by atoms with E-state index in [-0.39, 0.29) is 0 Å². The van der Waals surface area contributed by atoms with Gasteiger partial charge in [-0.15, -0.1) is 0 Å². The minimum absolute atomic E-state index is 0.694. The Kier molecular flexibility index (Phi) is 3.60. The summed E-state index contributed by atoms with van der Waals surface area (Å²) in [7, 11) is 0. The fraction of sp³-hybridized carbons (Fsp3) is 0.0769. The van der Waals surface area contributed by atoms with Gasteiger partial charge in [0.25, 0.3) is 0 Å². The van der Waals surface area contributed by atoms with E-state index in [1.807, 2.05) is 43.3 Å². The van der Waals surface area contributed by atoms with E-state index in [2.05, 4.69) is 21.2 Å². The van der Waals surface area contributed by atoms with E-state index in [9.17, 15) is 0 Å². The molecule has 2 aromatic carbocycles. The molecule has 0 heterocycles. The van der Waals surface area contributed by atoms with Gasteiger partial charge in [-0.25, -0.2) is 0 Å². The Bertz CT molecular complexity index is 555. The van der Waals surface area contributed by atoms with Gasteiger partial charge in [-0.05, 0) is 58.7 Å². The Labute approximate surface area is 114 Å². The number of hydrogen-bond acceptors (Lipinski definition) is 2. The molecule has 88 valence electrons. The third-order valence-corrected chi connectivity index (χ3v) is 3.37. The predicted molar refractivity (Wildman–Crippen MR) is 78.0 cm³/mol. The molecule has 0 saturated heterocycles. The van der Waals surface area contributed by atoms with Crippen molar-refractivity contribution in [2.24, 2.45) is 0 Å². The van der Waals surface area contributed by atoms with Crippen molar-refractivity contribution in [3.63, 3.8) is 0 Å². The van der Waals surface area contributed by atoms with Crippen LogP contribution in [-0.4, -0.2) is 0 Å². The first-order chi connectivity index (χ1) is 8.06. The molecule has 0 saturated carbocycles. The maximum absolute atomic E-state index is 6.13. The van der Waals surface area contributed by atoms with Crippen LogP contribution in [0.3, 0.4) is 0 Å². The van der Waals surface area contributed by atoms with Gasteiger partial charge in [-0.2, -0.15) is 0 Å². The molecule has 2 nitrogen and oxygen atoms in total. The molecule has 0 fully saturated rings. The Morgan fingerprint density at radius 1 is 1.12 bits per heavy atom. The second-order valence-corrected chi connectivity index (χ2v) is 5.11. The van der Waals surface area contributed by atoms with Crippen molar-refractivity contribution in [1.29, 1.82) is 0 Å². The highest BCUT2D eigenvalue weighted by Gasteiger charge is 2.04. The van der Waals surface area contributed by atoms with Gasteiger partial charge in [0.1, 0.15) is 0 Å². The first-order valence-electron chi connectivity index (χ1n) is 5.14. The molecule has 2 aromatic rings. The fourth-order valence-electron chi connectivity index (χ4n) is 1.51. The van der Waals surface area contributed by atoms with Crippen LogP contribution in [-0.2, 0) is 0 Å². The van der Waals surface area contributed by atoms with Gasteiger partial charge in [0.05, 0.1) is 16.4 Å². The Balaban J connectivity index is 2.34. The third-order valence-electron chi connectivity index (χ3n) is 2.38. The van der Waals surface area contributed by atoms with E-state index >= 15 is 0 Å². The molecule has 0 bridgehead atoms. The quantitative estimate of drug-likeness (QED) is 0.786. The molecular formula is C13H12BrClN2. The fourth-order valence-corrected chi connectivity index (χ4v) is 2.17. The zero-order valence-corrected chi connectivity index (χ0v) is 11.6. The zero-order valence-electron chi connectivity index (χ0n) is 9.30. The van der Waals surface area contributed by atoms with Crippen molar-refractivity contribution in [2.45, 2.75) is 6.92 Å². The summed E-state index contributed by atoms with van der Waals surface area (Å²) in [5, 5.41) is 3.97. The van der Waals surface area contributed by atoms with E-state index in [0.717, 1.165) is 27.1 Å². The van der Waals surface area contributed by atoms with Crippen molar-refractivity contribution in [2.75, 3.05) is 11.1 Å². The monoisotopic (exact) mass is 310 g/mol. The van der Waals surface area contributed by atoms with Gasteiger partial charge >= 0.3 is 0 Å². The molecule has 0 spiro atoms. The first-order valence-corrected chi connectivity index (χ1v) is 6.31. The average Bonchev–Trinajstić information content (AvgIpc) is 2.27. The van der Waals surface area contributed by atoms with E-state index in [1.54, 1.807) is 0 Å². The highest BCUT2D eigenvalue weighted by molar-refractivity contribution is 9.10. The highest BCUT2D eigenvalue weighted by atomic mass is 79.9. The standard InChI is InChI=1S/C13H12BrClN2/c1-8-2-4-11(15)13(6-8)17-12-5-3-9(16)7-10(12)14/h2-7,17H,16H2,1H3. The number of hydrogen-bond donors (Lipinski definition) is 2. The molecule has 0 aromatic heterocycles. The molecule has 0 atom stereocenters. The lowest BCUT2D eigenvalue weighted by atomic mass is 10.2. The number of rotatable bonds is 2. The van der Waals surface area contributed by atoms with Crippen LogP contribution in [0.25, 0.3) is 0 Å². The molecule has 0 aliphatic carbocycles. The molecule has 0 unspecified atom stereocenters. The van der Waals surface area contributed by atoms with Crippen molar-refractivity contribution in [1.82, 2.24) is 0 Å². The van der Waals surface area contributed by atoms with E-state index in [4.69, 9.17) is 17.3 Å². The Hall–Kier alpha value is -1.19. The SMILES string of the molecule is Cc1ccc(Cl)c(Nc2ccc(N)cc2Br)c1. The van der Waals surface area contributed by atoms with E-state index in [0.29, 0.717) is 5.02 Å². The summed E-state index contributed by atoms with van der Waals surface area (Å²) in [5.74, 6) is 0. The van der Waals surface area contributed by atoms with Gasteiger partial charge in [0.15, 0.2) is 0 Å². The highest BCUT2D eigenvalue weighted by Crippen LogP contribution is 2.31. The lowest BCUT2D eigenvalue weighted by molar-refractivity contribution is 1.44. The number of halogens is 2. The summed E-state index contributed by atoms with van der Waals surface area (Å²) in [5.41, 5.74) is 9.39. The van der Waals surface area contributed by atoms with Crippen LogP contribution in [0.1, 0.15) is 5.56 Å². The smallest absolute Gasteiger partial charge is 0.0641 e. The lowest BCUT2D eigenvalue weighted by Crippen LogP contribution is -1.94. The normalized spacial score (nSPS) is 10.3. The number of nitrogens with one attached hydrogen (secondary N) is 1. The summed E-state index contributed by atoms with van der Waals surface area (Å²) >= 11 is 9.59. The number of benzene rings is 2. The van der Waals surface area contributed by atoms with Crippen LogP contribution in [0.2, 0.25) is 5.02 Å². The van der Waals surface area contributed by atoms with E-state index < -0.39 is 0 Å². The summed E-state index contributed by atoms with van der Waals surface area (Å²) in [4.78, 5) is 0. The van der Waals surface area contributed by atoms with Gasteiger partial charge in [0.2, 0.25) is 0 Å². The molecule has 3 N–H and O–H groups in total. The van der Waals surface area contributed by atoms with Crippen molar-refractivity contribution in [3.05, 3.63) is 51.5 Å². The lowest BCUT2D eigenvalue weighted by Gasteiger charge is -2.11.